The average Bonchev–Trinajstić information content (AvgIpc) is 2.60. The van der Waals surface area contributed by atoms with Crippen LogP contribution in [0.2, 0.25) is 0 Å². The van der Waals surface area contributed by atoms with Crippen LogP contribution in [0.3, 0.4) is 0 Å². The Balaban J connectivity index is 2.70. The Morgan fingerprint density at radius 1 is 1.04 bits per heavy atom. The van der Waals surface area contributed by atoms with Crippen LogP contribution in [0.15, 0.2) is 6.07 Å². The first kappa shape index (κ1) is 24.5. The molecule has 1 atom stereocenters. The van der Waals surface area contributed by atoms with Crippen LogP contribution in [-0.4, -0.2) is 11.1 Å². The van der Waals surface area contributed by atoms with Crippen molar-refractivity contribution in [2.24, 2.45) is 5.92 Å². The molecule has 1 N–H and O–H groups in total. The number of aromatic hydroxyl groups is 1. The van der Waals surface area contributed by atoms with Gasteiger partial charge in [0.1, 0.15) is 5.75 Å². The second-order valence-electron chi connectivity index (χ2n) is 9.43. The molecule has 0 aliphatic heterocycles. The van der Waals surface area contributed by atoms with Crippen LogP contribution in [0.5, 0.6) is 5.75 Å². The fourth-order valence-corrected chi connectivity index (χ4v) is 3.97. The summed E-state index contributed by atoms with van der Waals surface area (Å²) >= 11 is 0. The number of carbonyl (C=O) groups is 1. The van der Waals surface area contributed by atoms with E-state index in [1.807, 2.05) is 19.9 Å². The van der Waals surface area contributed by atoms with Crippen LogP contribution >= 0.6 is 0 Å². The molecule has 0 fully saturated rings. The monoisotopic (exact) mass is 389 g/mol. The maximum absolute atomic E-state index is 11.7. The summed E-state index contributed by atoms with van der Waals surface area (Å²) in [6.07, 6.45) is 10.7. The molecule has 0 saturated carbocycles. The number of hydrogen-bond donors (Lipinski definition) is 1. The number of aliphatic carboxylic acids is 1. The topological polar surface area (TPSA) is 60.4 Å². The van der Waals surface area contributed by atoms with Crippen LogP contribution < -0.4 is 5.11 Å². The van der Waals surface area contributed by atoms with Gasteiger partial charge in [0.2, 0.25) is 0 Å². The molecular weight excluding hydrogens is 348 g/mol. The van der Waals surface area contributed by atoms with Gasteiger partial charge in [-0.25, -0.2) is 0 Å². The molecule has 0 bridgehead atoms. The van der Waals surface area contributed by atoms with Gasteiger partial charge < -0.3 is 15.0 Å². The lowest BCUT2D eigenvalue weighted by molar-refractivity contribution is -0.311. The predicted octanol–water partition coefficient (Wildman–Crippen LogP) is 5.75. The highest BCUT2D eigenvalue weighted by atomic mass is 16.4. The van der Waals surface area contributed by atoms with Crippen LogP contribution in [0, 0.1) is 19.8 Å². The lowest BCUT2D eigenvalue weighted by Gasteiger charge is -2.26. The largest absolute Gasteiger partial charge is 0.550 e. The highest BCUT2D eigenvalue weighted by molar-refractivity contribution is 5.68. The summed E-state index contributed by atoms with van der Waals surface area (Å²) in [5.74, 6) is -1.16. The number of phenolic OH excluding ortho intramolecular Hbond substituents is 1. The molecule has 1 unspecified atom stereocenters. The second kappa shape index (κ2) is 11.5. The van der Waals surface area contributed by atoms with E-state index in [1.54, 1.807) is 0 Å². The summed E-state index contributed by atoms with van der Waals surface area (Å²) in [6, 6.07) is 2.01. The molecular formula is C25H41O3-. The van der Waals surface area contributed by atoms with Crippen LogP contribution in [0.1, 0.15) is 108 Å². The van der Waals surface area contributed by atoms with E-state index in [1.165, 1.54) is 38.5 Å². The molecule has 1 aromatic carbocycles. The Kier molecular flexibility index (Phi) is 10.1. The number of carboxylic acids is 1. The van der Waals surface area contributed by atoms with E-state index in [0.29, 0.717) is 18.6 Å². The Morgan fingerprint density at radius 2 is 1.57 bits per heavy atom. The molecule has 160 valence electrons. The highest BCUT2D eigenvalue weighted by Gasteiger charge is 2.23. The third-order valence-corrected chi connectivity index (χ3v) is 5.90. The van der Waals surface area contributed by atoms with Gasteiger partial charge in [-0.05, 0) is 54.4 Å². The van der Waals surface area contributed by atoms with Crippen LogP contribution in [0.4, 0.5) is 0 Å². The Labute approximate surface area is 172 Å². The van der Waals surface area contributed by atoms with Gasteiger partial charge in [-0.2, -0.15) is 0 Å². The minimum atomic E-state index is -0.971. The summed E-state index contributed by atoms with van der Waals surface area (Å²) in [4.78, 5) is 11.7. The van der Waals surface area contributed by atoms with Gasteiger partial charge in [0.25, 0.3) is 0 Å². The quantitative estimate of drug-likeness (QED) is 0.463. The third-order valence-electron chi connectivity index (χ3n) is 5.90. The van der Waals surface area contributed by atoms with Crippen molar-refractivity contribution < 1.29 is 15.0 Å². The average molecular weight is 390 g/mol. The van der Waals surface area contributed by atoms with E-state index in [0.717, 1.165) is 35.1 Å². The molecule has 3 nitrogen and oxygen atoms in total. The summed E-state index contributed by atoms with van der Waals surface area (Å²) < 4.78 is 0. The molecule has 0 aliphatic rings. The zero-order valence-corrected chi connectivity index (χ0v) is 19.0. The Bertz CT molecular complexity index is 626. The minimum absolute atomic E-state index is 0.150. The SMILES string of the molecule is CCCCCCCCCCC(Cc1c(C)cc(C(C)(C)C)c(O)c1C)C(=O)[O-]. The minimum Gasteiger partial charge on any atom is -0.550 e. The molecule has 0 spiro atoms. The van der Waals surface area contributed by atoms with Gasteiger partial charge in [-0.3, -0.25) is 0 Å². The molecule has 0 saturated heterocycles. The number of carbonyl (C=O) groups excluding carboxylic acids is 1. The van der Waals surface area contributed by atoms with Gasteiger partial charge in [0.15, 0.2) is 0 Å². The zero-order chi connectivity index (χ0) is 21.3. The van der Waals surface area contributed by atoms with Gasteiger partial charge in [0, 0.05) is 11.9 Å². The maximum atomic E-state index is 11.7. The Hall–Kier alpha value is -1.51. The van der Waals surface area contributed by atoms with E-state index in [-0.39, 0.29) is 5.41 Å². The number of phenols is 1. The van der Waals surface area contributed by atoms with Gasteiger partial charge in [0.05, 0.1) is 0 Å². The first-order valence-electron chi connectivity index (χ1n) is 11.1. The van der Waals surface area contributed by atoms with Crippen molar-refractivity contribution in [3.8, 4) is 5.75 Å². The van der Waals surface area contributed by atoms with E-state index in [4.69, 9.17) is 0 Å². The van der Waals surface area contributed by atoms with Crippen LogP contribution in [0.25, 0.3) is 0 Å². The van der Waals surface area contributed by atoms with Crippen LogP contribution in [-0.2, 0) is 16.6 Å². The van der Waals surface area contributed by atoms with Gasteiger partial charge in [-0.15, -0.1) is 0 Å². The first-order valence-corrected chi connectivity index (χ1v) is 11.1. The van der Waals surface area contributed by atoms with Crippen molar-refractivity contribution in [3.63, 3.8) is 0 Å². The molecule has 3 heteroatoms. The summed E-state index contributed by atoms with van der Waals surface area (Å²) in [5.41, 5.74) is 3.59. The lowest BCUT2D eigenvalue weighted by Crippen LogP contribution is -2.33. The number of unbranched alkanes of at least 4 members (excludes halogenated alkanes) is 7. The fraction of sp³-hybridized carbons (Fsp3) is 0.720. The predicted molar refractivity (Wildman–Crippen MR) is 116 cm³/mol. The van der Waals surface area contributed by atoms with Crippen molar-refractivity contribution in [2.45, 2.75) is 111 Å². The third kappa shape index (κ3) is 7.48. The summed E-state index contributed by atoms with van der Waals surface area (Å²) in [6.45, 7) is 12.4. The van der Waals surface area contributed by atoms with E-state index >= 15 is 0 Å². The number of carboxylic acid groups (broad SMARTS) is 1. The molecule has 28 heavy (non-hydrogen) atoms. The standard InChI is InChI=1S/C25H42O3/c1-7-8-9-10-11-12-13-14-15-20(24(27)28)17-21-18(2)16-22(25(4,5)6)23(26)19(21)3/h16,20,26H,7-15,17H2,1-6H3,(H,27,28)/p-1. The number of aryl methyl sites for hydroxylation is 1. The molecule has 0 aliphatic carbocycles. The maximum Gasteiger partial charge on any atom is 0.122 e. The number of hydrogen-bond acceptors (Lipinski definition) is 3. The summed E-state index contributed by atoms with van der Waals surface area (Å²) in [7, 11) is 0. The Morgan fingerprint density at radius 3 is 2.07 bits per heavy atom. The van der Waals surface area contributed by atoms with Crippen molar-refractivity contribution in [1.82, 2.24) is 0 Å². The number of benzene rings is 1. The van der Waals surface area contributed by atoms with Gasteiger partial charge >= 0.3 is 0 Å². The molecule has 0 radical (unpaired) electrons. The summed E-state index contributed by atoms with van der Waals surface area (Å²) in [5, 5.41) is 22.4. The molecule has 0 heterocycles. The van der Waals surface area contributed by atoms with E-state index < -0.39 is 11.9 Å². The van der Waals surface area contributed by atoms with Crippen molar-refractivity contribution in [1.29, 1.82) is 0 Å². The molecule has 0 amide bonds. The first-order chi connectivity index (χ1) is 13.1. The van der Waals surface area contributed by atoms with Gasteiger partial charge in [-0.1, -0.05) is 85.1 Å². The molecule has 0 aromatic heterocycles. The highest BCUT2D eigenvalue weighted by Crippen LogP contribution is 2.37. The lowest BCUT2D eigenvalue weighted by atomic mass is 9.81. The fourth-order valence-electron chi connectivity index (χ4n) is 3.97. The second-order valence-corrected chi connectivity index (χ2v) is 9.43. The van der Waals surface area contributed by atoms with Crippen molar-refractivity contribution >= 4 is 5.97 Å². The normalized spacial score (nSPS) is 12.9. The zero-order valence-electron chi connectivity index (χ0n) is 19.0. The smallest absolute Gasteiger partial charge is 0.122 e. The van der Waals surface area contributed by atoms with E-state index in [2.05, 4.69) is 27.7 Å². The molecule has 1 rings (SSSR count). The molecule has 1 aromatic rings. The number of rotatable bonds is 12. The van der Waals surface area contributed by atoms with Crippen molar-refractivity contribution in [3.05, 3.63) is 28.3 Å². The van der Waals surface area contributed by atoms with Crippen molar-refractivity contribution in [2.75, 3.05) is 0 Å². The van der Waals surface area contributed by atoms with E-state index in [9.17, 15) is 15.0 Å².